The Morgan fingerprint density at radius 1 is 1.29 bits per heavy atom. The van der Waals surface area contributed by atoms with Crippen LogP contribution in [-0.4, -0.2) is 49.4 Å². The normalized spacial score (nSPS) is 24.3. The van der Waals surface area contributed by atoms with Gasteiger partial charge in [0.1, 0.15) is 0 Å². The van der Waals surface area contributed by atoms with E-state index in [0.717, 1.165) is 38.9 Å². The molecule has 6 nitrogen and oxygen atoms in total. The van der Waals surface area contributed by atoms with E-state index in [4.69, 9.17) is 0 Å². The van der Waals surface area contributed by atoms with Gasteiger partial charge in [-0.2, -0.15) is 0 Å². The Balaban J connectivity index is 1.66. The lowest BCUT2D eigenvalue weighted by Crippen LogP contribution is -2.33. The minimum absolute atomic E-state index is 0.0904. The predicted octanol–water partition coefficient (Wildman–Crippen LogP) is 0.733. The number of fused-ring (bicyclic) bond motifs is 1. The molecular weight excluding hydrogens is 268 g/mol. The van der Waals surface area contributed by atoms with Crippen LogP contribution in [0.15, 0.2) is 29.2 Å². The van der Waals surface area contributed by atoms with E-state index in [2.05, 4.69) is 10.00 Å². The molecule has 0 radical (unpaired) electrons. The molecule has 1 aliphatic rings. The lowest BCUT2D eigenvalue weighted by atomic mass is 9.98. The quantitative estimate of drug-likeness (QED) is 0.905. The van der Waals surface area contributed by atoms with Crippen LogP contribution >= 0.6 is 0 Å². The van der Waals surface area contributed by atoms with Gasteiger partial charge in [0, 0.05) is 19.3 Å². The van der Waals surface area contributed by atoms with Crippen molar-refractivity contribution in [1.82, 2.24) is 19.1 Å². The number of hydrogen-bond donors (Lipinski definition) is 1. The topological polar surface area (TPSA) is 62.8 Å². The monoisotopic (exact) mass is 290 g/mol. The number of hydrogen-bond acceptors (Lipinski definition) is 4. The molecule has 1 atom stereocenters. The summed E-state index contributed by atoms with van der Waals surface area (Å²) < 4.78 is 3.09. The Morgan fingerprint density at radius 3 is 2.95 bits per heavy atom. The highest BCUT2D eigenvalue weighted by atomic mass is 16.3. The van der Waals surface area contributed by atoms with E-state index >= 15 is 0 Å². The van der Waals surface area contributed by atoms with Gasteiger partial charge in [0.05, 0.1) is 12.1 Å². The van der Waals surface area contributed by atoms with Crippen LogP contribution in [0.2, 0.25) is 0 Å². The highest BCUT2D eigenvalue weighted by molar-refractivity contribution is 5.35. The van der Waals surface area contributed by atoms with E-state index < -0.39 is 5.60 Å². The summed E-state index contributed by atoms with van der Waals surface area (Å²) >= 11 is 0. The largest absolute Gasteiger partial charge is 0.390 e. The Labute approximate surface area is 123 Å². The Kier molecular flexibility index (Phi) is 3.82. The standard InChI is InChI=1S/C15H22N4O2/c1-15(21)6-4-8-17(10-7-15)11-12-19-14(20)18-9-3-2-5-13(18)16-19/h2-3,5,9,21H,4,6-8,10-12H2,1H3. The number of rotatable bonds is 3. The highest BCUT2D eigenvalue weighted by Gasteiger charge is 2.24. The first-order valence-electron chi connectivity index (χ1n) is 7.54. The van der Waals surface area contributed by atoms with Crippen LogP contribution < -0.4 is 5.69 Å². The first-order valence-corrected chi connectivity index (χ1v) is 7.54. The minimum Gasteiger partial charge on any atom is -0.390 e. The highest BCUT2D eigenvalue weighted by Crippen LogP contribution is 2.21. The number of likely N-dealkylation sites (tertiary alicyclic amines) is 1. The third kappa shape index (κ3) is 3.16. The molecule has 0 spiro atoms. The fourth-order valence-electron chi connectivity index (χ4n) is 2.89. The van der Waals surface area contributed by atoms with Crippen molar-refractivity contribution in [2.45, 2.75) is 38.3 Å². The van der Waals surface area contributed by atoms with Crippen LogP contribution in [0.5, 0.6) is 0 Å². The molecule has 2 aromatic heterocycles. The van der Waals surface area contributed by atoms with Gasteiger partial charge in [0.2, 0.25) is 0 Å². The summed E-state index contributed by atoms with van der Waals surface area (Å²) in [6.45, 7) is 5.12. The maximum Gasteiger partial charge on any atom is 0.350 e. The molecule has 0 amide bonds. The second-order valence-electron chi connectivity index (χ2n) is 6.13. The fraction of sp³-hybridized carbons (Fsp3) is 0.600. The first kappa shape index (κ1) is 14.3. The van der Waals surface area contributed by atoms with Crippen molar-refractivity contribution in [1.29, 1.82) is 0 Å². The molecule has 3 rings (SSSR count). The van der Waals surface area contributed by atoms with Gasteiger partial charge in [0.15, 0.2) is 5.65 Å². The second kappa shape index (κ2) is 5.61. The molecule has 0 aromatic carbocycles. The van der Waals surface area contributed by atoms with E-state index in [1.807, 2.05) is 25.1 Å². The van der Waals surface area contributed by atoms with Crippen molar-refractivity contribution < 1.29 is 5.11 Å². The van der Waals surface area contributed by atoms with Gasteiger partial charge in [0.25, 0.3) is 0 Å². The van der Waals surface area contributed by atoms with Crippen molar-refractivity contribution in [2.24, 2.45) is 0 Å². The molecule has 2 aromatic rings. The number of aromatic nitrogens is 3. The second-order valence-corrected chi connectivity index (χ2v) is 6.13. The number of nitrogens with zero attached hydrogens (tertiary/aromatic N) is 4. The molecule has 0 aliphatic carbocycles. The molecule has 1 aliphatic heterocycles. The van der Waals surface area contributed by atoms with Crippen LogP contribution in [0, 0.1) is 0 Å². The zero-order valence-corrected chi connectivity index (χ0v) is 12.4. The van der Waals surface area contributed by atoms with E-state index in [1.54, 1.807) is 10.6 Å². The Hall–Kier alpha value is -1.66. The molecule has 3 heterocycles. The van der Waals surface area contributed by atoms with Gasteiger partial charge in [-0.1, -0.05) is 6.07 Å². The maximum absolute atomic E-state index is 12.2. The van der Waals surface area contributed by atoms with E-state index in [1.165, 1.54) is 4.68 Å². The summed E-state index contributed by atoms with van der Waals surface area (Å²) in [5.41, 5.74) is 0.0445. The summed E-state index contributed by atoms with van der Waals surface area (Å²) in [6.07, 6.45) is 4.36. The van der Waals surface area contributed by atoms with Crippen LogP contribution in [0.25, 0.3) is 5.65 Å². The molecule has 1 saturated heterocycles. The average molecular weight is 290 g/mol. The zero-order valence-electron chi connectivity index (χ0n) is 12.4. The average Bonchev–Trinajstić information content (AvgIpc) is 2.67. The van der Waals surface area contributed by atoms with Gasteiger partial charge in [-0.15, -0.1) is 5.10 Å². The van der Waals surface area contributed by atoms with Gasteiger partial charge >= 0.3 is 5.69 Å². The summed E-state index contributed by atoms with van der Waals surface area (Å²) in [6, 6.07) is 5.54. The number of aliphatic hydroxyl groups is 1. The first-order chi connectivity index (χ1) is 10.1. The van der Waals surface area contributed by atoms with E-state index in [0.29, 0.717) is 12.2 Å². The molecular formula is C15H22N4O2. The van der Waals surface area contributed by atoms with Crippen molar-refractivity contribution in [3.8, 4) is 0 Å². The van der Waals surface area contributed by atoms with Crippen molar-refractivity contribution >= 4 is 5.65 Å². The summed E-state index contributed by atoms with van der Waals surface area (Å²) in [5.74, 6) is 0. The molecule has 1 fully saturated rings. The minimum atomic E-state index is -0.547. The third-order valence-corrected chi connectivity index (χ3v) is 4.27. The smallest absolute Gasteiger partial charge is 0.350 e. The summed E-state index contributed by atoms with van der Waals surface area (Å²) in [5, 5.41) is 14.4. The van der Waals surface area contributed by atoms with Crippen molar-refractivity contribution in [3.63, 3.8) is 0 Å². The summed E-state index contributed by atoms with van der Waals surface area (Å²) in [4.78, 5) is 14.5. The van der Waals surface area contributed by atoms with Crippen molar-refractivity contribution in [3.05, 3.63) is 34.9 Å². The predicted molar refractivity (Wildman–Crippen MR) is 80.4 cm³/mol. The van der Waals surface area contributed by atoms with E-state index in [9.17, 15) is 9.90 Å². The lowest BCUT2D eigenvalue weighted by Gasteiger charge is -2.22. The number of pyridine rings is 1. The lowest BCUT2D eigenvalue weighted by molar-refractivity contribution is 0.0445. The van der Waals surface area contributed by atoms with E-state index in [-0.39, 0.29) is 5.69 Å². The molecule has 1 N–H and O–H groups in total. The zero-order chi connectivity index (χ0) is 14.9. The molecule has 6 heteroatoms. The summed E-state index contributed by atoms with van der Waals surface area (Å²) in [7, 11) is 0. The van der Waals surface area contributed by atoms with Crippen LogP contribution in [0.3, 0.4) is 0 Å². The van der Waals surface area contributed by atoms with Crippen LogP contribution in [0.1, 0.15) is 26.2 Å². The fourth-order valence-corrected chi connectivity index (χ4v) is 2.89. The van der Waals surface area contributed by atoms with Gasteiger partial charge < -0.3 is 10.0 Å². The third-order valence-electron chi connectivity index (χ3n) is 4.27. The van der Waals surface area contributed by atoms with Gasteiger partial charge in [-0.25, -0.2) is 9.48 Å². The molecule has 0 bridgehead atoms. The molecule has 21 heavy (non-hydrogen) atoms. The van der Waals surface area contributed by atoms with Crippen LogP contribution in [0.4, 0.5) is 0 Å². The SMILES string of the molecule is CC1(O)CCCN(CCn2nc3ccccn3c2=O)CC1. The molecule has 0 saturated carbocycles. The van der Waals surface area contributed by atoms with Crippen molar-refractivity contribution in [2.75, 3.05) is 19.6 Å². The molecule has 114 valence electrons. The maximum atomic E-state index is 12.2. The van der Waals surface area contributed by atoms with Gasteiger partial charge in [-0.05, 0) is 44.9 Å². The van der Waals surface area contributed by atoms with Crippen LogP contribution in [-0.2, 0) is 6.54 Å². The molecule has 1 unspecified atom stereocenters. The van der Waals surface area contributed by atoms with Gasteiger partial charge in [-0.3, -0.25) is 4.40 Å². The Morgan fingerprint density at radius 2 is 2.14 bits per heavy atom. The Bertz CT molecular complexity index is 674.